The molecular weight excluding hydrogens is 352 g/mol. The fourth-order valence-electron chi connectivity index (χ4n) is 3.99. The highest BCUT2D eigenvalue weighted by Gasteiger charge is 2.28. The van der Waals surface area contributed by atoms with E-state index in [4.69, 9.17) is 4.74 Å². The molecule has 2 aromatic carbocycles. The summed E-state index contributed by atoms with van der Waals surface area (Å²) in [5.74, 6) is 1.66. The highest BCUT2D eigenvalue weighted by atomic mass is 16.5. The Balaban J connectivity index is 1.45. The third kappa shape index (κ3) is 3.05. The first-order valence-electron chi connectivity index (χ1n) is 9.66. The minimum absolute atomic E-state index is 0.0668. The number of fused-ring (bicyclic) bond motifs is 2. The Hall–Kier alpha value is -3.12. The van der Waals surface area contributed by atoms with Crippen molar-refractivity contribution in [1.29, 1.82) is 0 Å². The third-order valence-corrected chi connectivity index (χ3v) is 5.32. The highest BCUT2D eigenvalue weighted by Crippen LogP contribution is 2.28. The maximum atomic E-state index is 13.2. The molecule has 1 aromatic heterocycles. The van der Waals surface area contributed by atoms with Crippen LogP contribution in [0.1, 0.15) is 21.9 Å². The summed E-state index contributed by atoms with van der Waals surface area (Å²) >= 11 is 0. The number of para-hydroxylation sites is 1. The lowest BCUT2D eigenvalue weighted by atomic mass is 10.0. The molecule has 2 N–H and O–H groups in total. The summed E-state index contributed by atoms with van der Waals surface area (Å²) in [6.45, 7) is 2.82. The number of benzene rings is 2. The fraction of sp³-hybridized carbons (Fsp3) is 0.273. The molecule has 142 valence electrons. The first-order valence-corrected chi connectivity index (χ1v) is 9.66. The van der Waals surface area contributed by atoms with Crippen LogP contribution < -0.4 is 15.4 Å². The van der Waals surface area contributed by atoms with Gasteiger partial charge in [-0.25, -0.2) is 4.98 Å². The molecule has 3 aromatic rings. The molecule has 0 saturated heterocycles. The molecule has 0 fully saturated rings. The number of carbonyl (C=O) groups excluding carboxylic acids is 1. The number of ether oxygens (including phenoxy) is 1. The van der Waals surface area contributed by atoms with E-state index in [9.17, 15) is 4.79 Å². The van der Waals surface area contributed by atoms with Gasteiger partial charge in [0.15, 0.2) is 5.69 Å². The van der Waals surface area contributed by atoms with Gasteiger partial charge in [-0.15, -0.1) is 0 Å². The van der Waals surface area contributed by atoms with Gasteiger partial charge in [0.25, 0.3) is 5.91 Å². The maximum absolute atomic E-state index is 13.2. The van der Waals surface area contributed by atoms with Crippen LogP contribution in [0.5, 0.6) is 5.75 Å². The number of hydrogen-bond acceptors (Lipinski definition) is 4. The molecule has 28 heavy (non-hydrogen) atoms. The van der Waals surface area contributed by atoms with E-state index in [-0.39, 0.29) is 11.9 Å². The molecule has 6 heteroatoms. The van der Waals surface area contributed by atoms with Gasteiger partial charge in [-0.3, -0.25) is 4.79 Å². The Bertz CT molecular complexity index is 1010. The van der Waals surface area contributed by atoms with Crippen LogP contribution in [-0.2, 0) is 19.5 Å². The first kappa shape index (κ1) is 17.0. The zero-order valence-corrected chi connectivity index (χ0v) is 15.5. The fourth-order valence-corrected chi connectivity index (χ4v) is 3.99. The smallest absolute Gasteiger partial charge is 0.272 e. The van der Waals surface area contributed by atoms with E-state index in [1.54, 1.807) is 0 Å². The van der Waals surface area contributed by atoms with Gasteiger partial charge in [0.1, 0.15) is 18.2 Å². The standard InChI is InChI=1S/C22H22N4O2/c27-22(24-17-12-16-8-4-5-9-18(16)28-14-17)20-21(15-6-2-1-3-7-15)26-11-10-23-13-19(26)25-20/h1-9,17,23H,10-14H2,(H,24,27)/t17-/m1/s1. The lowest BCUT2D eigenvalue weighted by Crippen LogP contribution is -2.43. The summed E-state index contributed by atoms with van der Waals surface area (Å²) in [5.41, 5.74) is 3.52. The molecule has 1 amide bonds. The summed E-state index contributed by atoms with van der Waals surface area (Å²) in [6.07, 6.45) is 0.762. The van der Waals surface area contributed by atoms with Gasteiger partial charge >= 0.3 is 0 Å². The second kappa shape index (κ2) is 7.13. The van der Waals surface area contributed by atoms with E-state index >= 15 is 0 Å². The van der Waals surface area contributed by atoms with Crippen LogP contribution in [0.3, 0.4) is 0 Å². The number of amides is 1. The Morgan fingerprint density at radius 1 is 1.14 bits per heavy atom. The first-order chi connectivity index (χ1) is 13.8. The molecule has 3 heterocycles. The van der Waals surface area contributed by atoms with Gasteiger partial charge in [-0.1, -0.05) is 48.5 Å². The molecule has 2 aliphatic heterocycles. The largest absolute Gasteiger partial charge is 0.491 e. The quantitative estimate of drug-likeness (QED) is 0.739. The second-order valence-corrected chi connectivity index (χ2v) is 7.21. The van der Waals surface area contributed by atoms with Crippen LogP contribution >= 0.6 is 0 Å². The number of rotatable bonds is 3. The number of aromatic nitrogens is 2. The van der Waals surface area contributed by atoms with Gasteiger partial charge in [0, 0.05) is 18.7 Å². The Kier molecular flexibility index (Phi) is 4.33. The van der Waals surface area contributed by atoms with Gasteiger partial charge in [-0.05, 0) is 18.1 Å². The van der Waals surface area contributed by atoms with Gasteiger partial charge < -0.3 is 19.9 Å². The predicted molar refractivity (Wildman–Crippen MR) is 106 cm³/mol. The van der Waals surface area contributed by atoms with E-state index in [2.05, 4.69) is 20.2 Å². The van der Waals surface area contributed by atoms with Crippen molar-refractivity contribution in [3.8, 4) is 17.0 Å². The Morgan fingerprint density at radius 3 is 2.86 bits per heavy atom. The number of nitrogens with zero attached hydrogens (tertiary/aromatic N) is 2. The molecule has 0 aliphatic carbocycles. The zero-order chi connectivity index (χ0) is 18.9. The molecule has 6 nitrogen and oxygen atoms in total. The van der Waals surface area contributed by atoms with Crippen molar-refractivity contribution < 1.29 is 9.53 Å². The van der Waals surface area contributed by atoms with E-state index in [1.807, 2.05) is 54.6 Å². The molecule has 0 spiro atoms. The number of imidazole rings is 1. The topological polar surface area (TPSA) is 68.2 Å². The van der Waals surface area contributed by atoms with E-state index in [1.165, 1.54) is 0 Å². The number of nitrogens with one attached hydrogen (secondary N) is 2. The van der Waals surface area contributed by atoms with Gasteiger partial charge in [0.05, 0.1) is 18.3 Å². The lowest BCUT2D eigenvalue weighted by Gasteiger charge is -2.26. The predicted octanol–water partition coefficient (Wildman–Crippen LogP) is 2.39. The van der Waals surface area contributed by atoms with Crippen LogP contribution in [-0.4, -0.2) is 34.7 Å². The minimum Gasteiger partial charge on any atom is -0.491 e. The number of hydrogen-bond donors (Lipinski definition) is 2. The molecule has 0 unspecified atom stereocenters. The molecule has 0 radical (unpaired) electrons. The SMILES string of the molecule is O=C(N[C@H]1COc2ccccc2C1)c1nc2n(c1-c1ccccc1)CCNC2. The van der Waals surface area contributed by atoms with Crippen molar-refractivity contribution in [2.45, 2.75) is 25.6 Å². The van der Waals surface area contributed by atoms with Crippen molar-refractivity contribution >= 4 is 5.91 Å². The van der Waals surface area contributed by atoms with Gasteiger partial charge in [-0.2, -0.15) is 0 Å². The normalized spacial score (nSPS) is 17.9. The van der Waals surface area contributed by atoms with E-state index in [0.29, 0.717) is 18.8 Å². The molecule has 0 saturated carbocycles. The Morgan fingerprint density at radius 2 is 1.96 bits per heavy atom. The average Bonchev–Trinajstić information content (AvgIpc) is 3.14. The van der Waals surface area contributed by atoms with Crippen molar-refractivity contribution in [3.05, 3.63) is 71.7 Å². The van der Waals surface area contributed by atoms with Crippen LogP contribution in [0.15, 0.2) is 54.6 Å². The summed E-state index contributed by atoms with van der Waals surface area (Å²) in [4.78, 5) is 17.9. The van der Waals surface area contributed by atoms with E-state index in [0.717, 1.165) is 47.9 Å². The summed E-state index contributed by atoms with van der Waals surface area (Å²) < 4.78 is 7.98. The van der Waals surface area contributed by atoms with Crippen LogP contribution in [0.25, 0.3) is 11.3 Å². The average molecular weight is 374 g/mol. The van der Waals surface area contributed by atoms with Crippen LogP contribution in [0, 0.1) is 0 Å². The van der Waals surface area contributed by atoms with Crippen molar-refractivity contribution in [2.24, 2.45) is 0 Å². The second-order valence-electron chi connectivity index (χ2n) is 7.21. The highest BCUT2D eigenvalue weighted by molar-refractivity contribution is 5.98. The molecule has 2 aliphatic rings. The molecule has 5 rings (SSSR count). The number of carbonyl (C=O) groups is 1. The summed E-state index contributed by atoms with van der Waals surface area (Å²) in [7, 11) is 0. The van der Waals surface area contributed by atoms with Crippen LogP contribution in [0.4, 0.5) is 0 Å². The molecular formula is C22H22N4O2. The van der Waals surface area contributed by atoms with E-state index < -0.39 is 0 Å². The van der Waals surface area contributed by atoms with Crippen molar-refractivity contribution in [1.82, 2.24) is 20.2 Å². The third-order valence-electron chi connectivity index (χ3n) is 5.32. The zero-order valence-electron chi connectivity index (χ0n) is 15.5. The summed E-state index contributed by atoms with van der Waals surface area (Å²) in [6, 6.07) is 17.9. The van der Waals surface area contributed by atoms with Gasteiger partial charge in [0.2, 0.25) is 0 Å². The molecule has 0 bridgehead atoms. The van der Waals surface area contributed by atoms with Crippen molar-refractivity contribution in [2.75, 3.05) is 13.2 Å². The molecule has 1 atom stereocenters. The summed E-state index contributed by atoms with van der Waals surface area (Å²) in [5, 5.41) is 6.46. The Labute approximate surface area is 163 Å². The maximum Gasteiger partial charge on any atom is 0.272 e. The monoisotopic (exact) mass is 374 g/mol. The van der Waals surface area contributed by atoms with Crippen molar-refractivity contribution in [3.63, 3.8) is 0 Å². The lowest BCUT2D eigenvalue weighted by molar-refractivity contribution is 0.0911. The van der Waals surface area contributed by atoms with Crippen LogP contribution in [0.2, 0.25) is 0 Å². The minimum atomic E-state index is -0.145.